The average molecular weight is 305 g/mol. The third-order valence-electron chi connectivity index (χ3n) is 3.37. The molecule has 1 aromatic rings. The van der Waals surface area contributed by atoms with Gasteiger partial charge in [0.2, 0.25) is 5.91 Å². The zero-order chi connectivity index (χ0) is 16.1. The number of carbonyl (C=O) groups excluding carboxylic acids is 1. The van der Waals surface area contributed by atoms with Gasteiger partial charge in [0.1, 0.15) is 5.76 Å². The van der Waals surface area contributed by atoms with Crippen molar-refractivity contribution in [3.05, 3.63) is 35.6 Å². The molecule has 120 valence electrons. The summed E-state index contributed by atoms with van der Waals surface area (Å²) in [5.74, 6) is 2.40. The molecule has 1 unspecified atom stereocenters. The molecule has 0 saturated carbocycles. The van der Waals surface area contributed by atoms with E-state index in [4.69, 9.17) is 14.2 Å². The van der Waals surface area contributed by atoms with E-state index in [1.807, 2.05) is 24.3 Å². The van der Waals surface area contributed by atoms with Crippen LogP contribution in [0.4, 0.5) is 0 Å². The van der Waals surface area contributed by atoms with Crippen molar-refractivity contribution in [2.45, 2.75) is 26.3 Å². The molecule has 0 fully saturated rings. The number of amides is 1. The molecule has 1 atom stereocenters. The maximum absolute atomic E-state index is 11.9. The van der Waals surface area contributed by atoms with E-state index in [0.717, 1.165) is 11.3 Å². The zero-order valence-electron chi connectivity index (χ0n) is 13.5. The number of methoxy groups -OCH3 is 2. The van der Waals surface area contributed by atoms with Gasteiger partial charge >= 0.3 is 0 Å². The van der Waals surface area contributed by atoms with Crippen molar-refractivity contribution in [2.24, 2.45) is 5.92 Å². The van der Waals surface area contributed by atoms with Gasteiger partial charge in [-0.2, -0.15) is 0 Å². The second-order valence-corrected chi connectivity index (χ2v) is 5.67. The molecule has 1 heterocycles. The predicted molar refractivity (Wildman–Crippen MR) is 83.9 cm³/mol. The van der Waals surface area contributed by atoms with Crippen molar-refractivity contribution in [2.75, 3.05) is 20.8 Å². The van der Waals surface area contributed by atoms with Gasteiger partial charge in [-0.25, -0.2) is 0 Å². The third-order valence-corrected chi connectivity index (χ3v) is 3.37. The van der Waals surface area contributed by atoms with Crippen LogP contribution in [0.15, 0.2) is 30.0 Å². The molecule has 2 rings (SSSR count). The van der Waals surface area contributed by atoms with E-state index in [-0.39, 0.29) is 18.4 Å². The normalized spacial score (nSPS) is 17.8. The first kappa shape index (κ1) is 16.2. The Morgan fingerprint density at radius 1 is 1.23 bits per heavy atom. The largest absolute Gasteiger partial charge is 0.497 e. The summed E-state index contributed by atoms with van der Waals surface area (Å²) in [6.45, 7) is 4.77. The van der Waals surface area contributed by atoms with Gasteiger partial charge in [0.25, 0.3) is 0 Å². The van der Waals surface area contributed by atoms with E-state index < -0.39 is 0 Å². The highest BCUT2D eigenvalue weighted by Crippen LogP contribution is 2.32. The van der Waals surface area contributed by atoms with Crippen LogP contribution in [-0.2, 0) is 9.53 Å². The number of rotatable bonds is 6. The van der Waals surface area contributed by atoms with Gasteiger partial charge in [-0.15, -0.1) is 0 Å². The standard InChI is InChI=1S/C17H23NO4/c1-11(2)10-22-13-8-14(18-17(19)9-13)12-5-6-15(20-3)16(7-12)21-4/h5-8,11,14H,9-10H2,1-4H3,(H,18,19). The second kappa shape index (κ2) is 7.20. The second-order valence-electron chi connectivity index (χ2n) is 5.67. The van der Waals surface area contributed by atoms with E-state index >= 15 is 0 Å². The van der Waals surface area contributed by atoms with Crippen LogP contribution >= 0.6 is 0 Å². The van der Waals surface area contributed by atoms with Crippen LogP contribution in [0.2, 0.25) is 0 Å². The zero-order valence-corrected chi connectivity index (χ0v) is 13.5. The lowest BCUT2D eigenvalue weighted by Crippen LogP contribution is -2.32. The molecule has 5 nitrogen and oxygen atoms in total. The Bertz CT molecular complexity index is 566. The Kier molecular flexibility index (Phi) is 5.31. The quantitative estimate of drug-likeness (QED) is 0.878. The summed E-state index contributed by atoms with van der Waals surface area (Å²) < 4.78 is 16.3. The Hall–Kier alpha value is -2.17. The highest BCUT2D eigenvalue weighted by molar-refractivity contribution is 5.80. The molecule has 0 spiro atoms. The van der Waals surface area contributed by atoms with Gasteiger partial charge in [0, 0.05) is 0 Å². The molecule has 0 aromatic heterocycles. The number of benzene rings is 1. The fourth-order valence-corrected chi connectivity index (χ4v) is 2.27. The minimum atomic E-state index is -0.219. The Labute approximate surface area is 131 Å². The lowest BCUT2D eigenvalue weighted by molar-refractivity contribution is -0.122. The van der Waals surface area contributed by atoms with Gasteiger partial charge in [0.15, 0.2) is 11.5 Å². The maximum Gasteiger partial charge on any atom is 0.228 e. The summed E-state index contributed by atoms with van der Waals surface area (Å²) in [6, 6.07) is 5.39. The van der Waals surface area contributed by atoms with Gasteiger partial charge in [0.05, 0.1) is 33.3 Å². The molecular weight excluding hydrogens is 282 g/mol. The summed E-state index contributed by atoms with van der Waals surface area (Å²) in [4.78, 5) is 11.9. The Morgan fingerprint density at radius 2 is 1.95 bits per heavy atom. The van der Waals surface area contributed by atoms with Gasteiger partial charge in [-0.1, -0.05) is 19.9 Å². The molecule has 22 heavy (non-hydrogen) atoms. The van der Waals surface area contributed by atoms with Crippen LogP contribution < -0.4 is 14.8 Å². The molecular formula is C17H23NO4. The van der Waals surface area contributed by atoms with E-state index in [1.165, 1.54) is 0 Å². The van der Waals surface area contributed by atoms with Gasteiger partial charge < -0.3 is 19.5 Å². The van der Waals surface area contributed by atoms with E-state index in [0.29, 0.717) is 24.0 Å². The Morgan fingerprint density at radius 3 is 2.59 bits per heavy atom. The molecule has 0 bridgehead atoms. The van der Waals surface area contributed by atoms with Crippen LogP contribution in [0.5, 0.6) is 11.5 Å². The maximum atomic E-state index is 11.9. The Balaban J connectivity index is 2.22. The van der Waals surface area contributed by atoms with Crippen molar-refractivity contribution in [3.8, 4) is 11.5 Å². The van der Waals surface area contributed by atoms with Crippen molar-refractivity contribution in [3.63, 3.8) is 0 Å². The van der Waals surface area contributed by atoms with Crippen LogP contribution in [0.25, 0.3) is 0 Å². The number of nitrogens with one attached hydrogen (secondary N) is 1. The van der Waals surface area contributed by atoms with Crippen LogP contribution in [0.1, 0.15) is 31.9 Å². The first-order valence-electron chi connectivity index (χ1n) is 7.38. The monoisotopic (exact) mass is 305 g/mol. The van der Waals surface area contributed by atoms with Crippen molar-refractivity contribution in [1.82, 2.24) is 5.32 Å². The lowest BCUT2D eigenvalue weighted by Gasteiger charge is -2.24. The lowest BCUT2D eigenvalue weighted by atomic mass is 10.0. The number of hydrogen-bond acceptors (Lipinski definition) is 4. The fraction of sp³-hybridized carbons (Fsp3) is 0.471. The summed E-state index contributed by atoms with van der Waals surface area (Å²) >= 11 is 0. The molecule has 5 heteroatoms. The summed E-state index contributed by atoms with van der Waals surface area (Å²) in [5, 5.41) is 2.95. The SMILES string of the molecule is COc1ccc(C2C=C(OCC(C)C)CC(=O)N2)cc1OC. The first-order chi connectivity index (χ1) is 10.5. The molecule has 1 N–H and O–H groups in total. The minimum Gasteiger partial charge on any atom is -0.497 e. The number of ether oxygens (including phenoxy) is 3. The fourth-order valence-electron chi connectivity index (χ4n) is 2.27. The smallest absolute Gasteiger partial charge is 0.228 e. The first-order valence-corrected chi connectivity index (χ1v) is 7.38. The highest BCUT2D eigenvalue weighted by atomic mass is 16.5. The number of hydrogen-bond donors (Lipinski definition) is 1. The van der Waals surface area contributed by atoms with Crippen LogP contribution in [0.3, 0.4) is 0 Å². The van der Waals surface area contributed by atoms with E-state index in [1.54, 1.807) is 14.2 Å². The number of carbonyl (C=O) groups is 1. The van der Waals surface area contributed by atoms with Gasteiger partial charge in [-0.3, -0.25) is 4.79 Å². The van der Waals surface area contributed by atoms with Crippen molar-refractivity contribution >= 4 is 5.91 Å². The predicted octanol–water partition coefficient (Wildman–Crippen LogP) is 2.82. The summed E-state index contributed by atoms with van der Waals surface area (Å²) in [5.41, 5.74) is 0.927. The molecule has 1 aliphatic heterocycles. The third kappa shape index (κ3) is 3.93. The summed E-state index contributed by atoms with van der Waals surface area (Å²) in [7, 11) is 3.19. The topological polar surface area (TPSA) is 56.8 Å². The minimum absolute atomic E-state index is 0.0407. The highest BCUT2D eigenvalue weighted by Gasteiger charge is 2.22. The van der Waals surface area contributed by atoms with E-state index in [9.17, 15) is 4.79 Å². The summed E-state index contributed by atoms with van der Waals surface area (Å²) in [6.07, 6.45) is 2.24. The molecule has 1 amide bonds. The average Bonchev–Trinajstić information content (AvgIpc) is 2.51. The molecule has 0 aliphatic carbocycles. The molecule has 0 radical (unpaired) electrons. The molecule has 1 aromatic carbocycles. The molecule has 1 aliphatic rings. The molecule has 0 saturated heterocycles. The van der Waals surface area contributed by atoms with Crippen molar-refractivity contribution < 1.29 is 19.0 Å². The van der Waals surface area contributed by atoms with Crippen LogP contribution in [0, 0.1) is 5.92 Å². The van der Waals surface area contributed by atoms with Crippen molar-refractivity contribution in [1.29, 1.82) is 0 Å². The van der Waals surface area contributed by atoms with Gasteiger partial charge in [-0.05, 0) is 29.7 Å². The van der Waals surface area contributed by atoms with Crippen LogP contribution in [-0.4, -0.2) is 26.7 Å². The van der Waals surface area contributed by atoms with E-state index in [2.05, 4.69) is 19.2 Å².